The maximum Gasteiger partial charge on any atom is 0.411 e. The summed E-state index contributed by atoms with van der Waals surface area (Å²) in [6.45, 7) is 0.603. The van der Waals surface area contributed by atoms with Gasteiger partial charge in [-0.25, -0.2) is 0 Å². The molecule has 0 aliphatic rings. The fourth-order valence-corrected chi connectivity index (χ4v) is 1.83. The minimum atomic E-state index is -4.31. The van der Waals surface area contributed by atoms with Gasteiger partial charge in [0.15, 0.2) is 0 Å². The topological polar surface area (TPSA) is 65.1 Å². The van der Waals surface area contributed by atoms with Gasteiger partial charge in [0, 0.05) is 13.6 Å². The SMILES string of the molecule is Cc1nn(C)c(NCCOCC(F)(F)F)c1C(N)=S. The molecule has 3 N–H and O–H groups in total. The van der Waals surface area contributed by atoms with Crippen LogP contribution in [0.25, 0.3) is 0 Å². The van der Waals surface area contributed by atoms with Crippen LogP contribution in [0.3, 0.4) is 0 Å². The minimum absolute atomic E-state index is 0.0828. The number of ether oxygens (including phenoxy) is 1. The highest BCUT2D eigenvalue weighted by molar-refractivity contribution is 7.80. The summed E-state index contributed by atoms with van der Waals surface area (Å²) in [7, 11) is 1.69. The lowest BCUT2D eigenvalue weighted by molar-refractivity contribution is -0.172. The molecule has 0 unspecified atom stereocenters. The fraction of sp³-hybridized carbons (Fsp3) is 0.600. The summed E-state index contributed by atoms with van der Waals surface area (Å²) >= 11 is 4.91. The molecule has 1 aromatic rings. The number of hydrogen-bond acceptors (Lipinski definition) is 4. The van der Waals surface area contributed by atoms with Crippen LogP contribution in [0.4, 0.5) is 19.0 Å². The summed E-state index contributed by atoms with van der Waals surface area (Å²) < 4.78 is 41.6. The molecule has 9 heteroatoms. The molecule has 0 saturated carbocycles. The fourth-order valence-electron chi connectivity index (χ4n) is 1.59. The van der Waals surface area contributed by atoms with Gasteiger partial charge in [-0.15, -0.1) is 0 Å². The van der Waals surface area contributed by atoms with Crippen LogP contribution in [0.5, 0.6) is 0 Å². The van der Waals surface area contributed by atoms with Crippen molar-refractivity contribution < 1.29 is 17.9 Å². The van der Waals surface area contributed by atoms with Crippen LogP contribution < -0.4 is 11.1 Å². The van der Waals surface area contributed by atoms with Crippen LogP contribution in [0, 0.1) is 6.92 Å². The largest absolute Gasteiger partial charge is 0.411 e. The van der Waals surface area contributed by atoms with E-state index in [2.05, 4.69) is 15.2 Å². The maximum absolute atomic E-state index is 11.9. The zero-order valence-corrected chi connectivity index (χ0v) is 11.4. The molecule has 5 nitrogen and oxygen atoms in total. The lowest BCUT2D eigenvalue weighted by Crippen LogP contribution is -2.21. The smallest absolute Gasteiger partial charge is 0.389 e. The molecule has 0 bridgehead atoms. The zero-order valence-electron chi connectivity index (χ0n) is 10.5. The van der Waals surface area contributed by atoms with Crippen LogP contribution in [-0.2, 0) is 11.8 Å². The van der Waals surface area contributed by atoms with Crippen LogP contribution in [0.2, 0.25) is 0 Å². The summed E-state index contributed by atoms with van der Waals surface area (Å²) in [5.74, 6) is 0.570. The normalized spacial score (nSPS) is 11.6. The van der Waals surface area contributed by atoms with Gasteiger partial charge in [0.05, 0.1) is 17.9 Å². The summed E-state index contributed by atoms with van der Waals surface area (Å²) in [4.78, 5) is 0.185. The van der Waals surface area contributed by atoms with Gasteiger partial charge < -0.3 is 15.8 Å². The molecule has 0 aliphatic carbocycles. The average Bonchev–Trinajstić information content (AvgIpc) is 2.51. The molecule has 1 rings (SSSR count). The molecular formula is C10H15F3N4OS. The molecule has 0 aromatic carbocycles. The van der Waals surface area contributed by atoms with Crippen molar-refractivity contribution in [3.63, 3.8) is 0 Å². The Labute approximate surface area is 113 Å². The van der Waals surface area contributed by atoms with Crippen LogP contribution in [0.15, 0.2) is 0 Å². The van der Waals surface area contributed by atoms with Crippen molar-refractivity contribution in [3.05, 3.63) is 11.3 Å². The molecule has 0 spiro atoms. The Balaban J connectivity index is 2.52. The number of anilines is 1. The summed E-state index contributed by atoms with van der Waals surface area (Å²) in [5, 5.41) is 7.05. The molecule has 1 heterocycles. The van der Waals surface area contributed by atoms with Gasteiger partial charge in [-0.2, -0.15) is 18.3 Å². The lowest BCUT2D eigenvalue weighted by atomic mass is 10.2. The van der Waals surface area contributed by atoms with E-state index in [1.165, 1.54) is 4.68 Å². The van der Waals surface area contributed by atoms with Gasteiger partial charge in [-0.3, -0.25) is 4.68 Å². The van der Waals surface area contributed by atoms with Crippen molar-refractivity contribution in [2.24, 2.45) is 12.8 Å². The minimum Gasteiger partial charge on any atom is -0.389 e. The first-order valence-electron chi connectivity index (χ1n) is 5.44. The third-order valence-electron chi connectivity index (χ3n) is 2.27. The van der Waals surface area contributed by atoms with E-state index in [0.29, 0.717) is 17.1 Å². The van der Waals surface area contributed by atoms with E-state index in [9.17, 15) is 13.2 Å². The molecule has 0 saturated heterocycles. The third-order valence-corrected chi connectivity index (χ3v) is 2.48. The number of rotatable bonds is 6. The van der Waals surface area contributed by atoms with E-state index in [1.54, 1.807) is 14.0 Å². The van der Waals surface area contributed by atoms with Crippen molar-refractivity contribution >= 4 is 23.0 Å². The van der Waals surface area contributed by atoms with Gasteiger partial charge in [-0.05, 0) is 6.92 Å². The number of thiocarbonyl (C=S) groups is 1. The second-order valence-corrected chi connectivity index (χ2v) is 4.33. The molecule has 0 amide bonds. The van der Waals surface area contributed by atoms with Crippen LogP contribution in [0.1, 0.15) is 11.3 Å². The molecule has 0 radical (unpaired) electrons. The van der Waals surface area contributed by atoms with Crippen molar-refractivity contribution in [2.75, 3.05) is 25.1 Å². The molecule has 1 aromatic heterocycles. The number of nitrogens with zero attached hydrogens (tertiary/aromatic N) is 2. The second-order valence-electron chi connectivity index (χ2n) is 3.89. The predicted octanol–water partition coefficient (Wildman–Crippen LogP) is 1.35. The first-order valence-corrected chi connectivity index (χ1v) is 5.85. The monoisotopic (exact) mass is 296 g/mol. The molecule has 0 fully saturated rings. The Morgan fingerprint density at radius 2 is 2.16 bits per heavy atom. The number of nitrogens with one attached hydrogen (secondary N) is 1. The van der Waals surface area contributed by atoms with Gasteiger partial charge in [-0.1, -0.05) is 12.2 Å². The Kier molecular flexibility index (Phi) is 5.12. The van der Waals surface area contributed by atoms with Crippen molar-refractivity contribution in [3.8, 4) is 0 Å². The van der Waals surface area contributed by atoms with Crippen molar-refractivity contribution in [1.82, 2.24) is 9.78 Å². The molecule has 108 valence electrons. The summed E-state index contributed by atoms with van der Waals surface area (Å²) in [5.41, 5.74) is 6.83. The van der Waals surface area contributed by atoms with Gasteiger partial charge >= 0.3 is 6.18 Å². The van der Waals surface area contributed by atoms with E-state index in [-0.39, 0.29) is 18.1 Å². The average molecular weight is 296 g/mol. The Morgan fingerprint density at radius 1 is 1.53 bits per heavy atom. The van der Waals surface area contributed by atoms with Gasteiger partial charge in [0.2, 0.25) is 0 Å². The number of aromatic nitrogens is 2. The quantitative estimate of drug-likeness (QED) is 0.613. The van der Waals surface area contributed by atoms with E-state index >= 15 is 0 Å². The number of hydrogen-bond donors (Lipinski definition) is 2. The number of nitrogens with two attached hydrogens (primary N) is 1. The highest BCUT2D eigenvalue weighted by Gasteiger charge is 2.27. The predicted molar refractivity (Wildman–Crippen MR) is 69.2 cm³/mol. The van der Waals surface area contributed by atoms with E-state index in [0.717, 1.165) is 0 Å². The summed E-state index contributed by atoms with van der Waals surface area (Å²) in [6.07, 6.45) is -4.31. The molecular weight excluding hydrogens is 281 g/mol. The van der Waals surface area contributed by atoms with Gasteiger partial charge in [0.1, 0.15) is 17.4 Å². The molecule has 0 aliphatic heterocycles. The van der Waals surface area contributed by atoms with Crippen molar-refractivity contribution in [1.29, 1.82) is 0 Å². The number of halogens is 3. The maximum atomic E-state index is 11.9. The Hall–Kier alpha value is -1.35. The molecule has 19 heavy (non-hydrogen) atoms. The van der Waals surface area contributed by atoms with Crippen LogP contribution in [-0.4, -0.2) is 40.7 Å². The van der Waals surface area contributed by atoms with E-state index < -0.39 is 12.8 Å². The highest BCUT2D eigenvalue weighted by atomic mass is 32.1. The number of alkyl halides is 3. The third kappa shape index (κ3) is 4.67. The van der Waals surface area contributed by atoms with Crippen LogP contribution >= 0.6 is 12.2 Å². The first kappa shape index (κ1) is 15.7. The summed E-state index contributed by atoms with van der Waals surface area (Å²) in [6, 6.07) is 0. The Bertz CT molecular complexity index is 458. The second kappa shape index (κ2) is 6.20. The molecule has 0 atom stereocenters. The standard InChI is InChI=1S/C10H15F3N4OS/c1-6-7(8(14)19)9(17(2)16-6)15-3-4-18-5-10(11,12)13/h15H,3-5H2,1-2H3,(H2,14,19). The van der Waals surface area contributed by atoms with Gasteiger partial charge in [0.25, 0.3) is 0 Å². The lowest BCUT2D eigenvalue weighted by Gasteiger charge is -2.10. The highest BCUT2D eigenvalue weighted by Crippen LogP contribution is 2.18. The Morgan fingerprint density at radius 3 is 2.68 bits per heavy atom. The number of aryl methyl sites for hydroxylation is 2. The first-order chi connectivity index (χ1) is 8.72. The zero-order chi connectivity index (χ0) is 14.6. The van der Waals surface area contributed by atoms with E-state index in [1.807, 2.05) is 0 Å². The van der Waals surface area contributed by atoms with E-state index in [4.69, 9.17) is 18.0 Å². The van der Waals surface area contributed by atoms with Crippen molar-refractivity contribution in [2.45, 2.75) is 13.1 Å².